The summed E-state index contributed by atoms with van der Waals surface area (Å²) in [5.74, 6) is 1.54. The summed E-state index contributed by atoms with van der Waals surface area (Å²) in [5, 5.41) is 7.52. The summed E-state index contributed by atoms with van der Waals surface area (Å²) in [6.07, 6.45) is 1.66. The van der Waals surface area contributed by atoms with Crippen molar-refractivity contribution in [1.82, 2.24) is 20.2 Å². The molecule has 2 aromatic heterocycles. The van der Waals surface area contributed by atoms with Crippen molar-refractivity contribution in [3.05, 3.63) is 24.4 Å². The Kier molecular flexibility index (Phi) is 2.86. The lowest BCUT2D eigenvalue weighted by atomic mass is 10.1. The van der Waals surface area contributed by atoms with E-state index in [9.17, 15) is 0 Å². The minimum absolute atomic E-state index is 0.168. The van der Waals surface area contributed by atoms with Crippen LogP contribution in [0.25, 0.3) is 22.3 Å². The van der Waals surface area contributed by atoms with Crippen LogP contribution in [-0.2, 0) is 0 Å². The van der Waals surface area contributed by atoms with Crippen molar-refractivity contribution in [2.24, 2.45) is 0 Å². The van der Waals surface area contributed by atoms with E-state index < -0.39 is 0 Å². The van der Waals surface area contributed by atoms with Gasteiger partial charge in [-0.1, -0.05) is 0 Å². The van der Waals surface area contributed by atoms with Gasteiger partial charge >= 0.3 is 0 Å². The highest BCUT2D eigenvalue weighted by molar-refractivity contribution is 5.92. The van der Waals surface area contributed by atoms with Crippen LogP contribution in [0.5, 0.6) is 11.5 Å². The zero-order valence-corrected chi connectivity index (χ0v) is 11.0. The highest BCUT2D eigenvalue weighted by atomic mass is 16.5. The van der Waals surface area contributed by atoms with Gasteiger partial charge in [0, 0.05) is 5.56 Å². The van der Waals surface area contributed by atoms with Gasteiger partial charge in [0.2, 0.25) is 5.95 Å². The maximum atomic E-state index is 5.74. The number of nitrogens with zero attached hydrogens (tertiary/aromatic N) is 3. The Bertz CT molecular complexity index is 769. The van der Waals surface area contributed by atoms with E-state index in [1.165, 1.54) is 0 Å². The molecular formula is C13H13N5O2. The summed E-state index contributed by atoms with van der Waals surface area (Å²) in [5.41, 5.74) is 7.74. The van der Waals surface area contributed by atoms with Crippen molar-refractivity contribution in [2.45, 2.75) is 0 Å². The lowest BCUT2D eigenvalue weighted by molar-refractivity contribution is 0.404. The van der Waals surface area contributed by atoms with E-state index in [1.54, 1.807) is 20.4 Å². The number of H-pyrrole nitrogens is 1. The molecule has 0 bridgehead atoms. The van der Waals surface area contributed by atoms with E-state index in [-0.39, 0.29) is 5.95 Å². The monoisotopic (exact) mass is 271 g/mol. The van der Waals surface area contributed by atoms with E-state index in [0.717, 1.165) is 10.9 Å². The molecule has 3 N–H and O–H groups in total. The minimum atomic E-state index is 0.168. The molecule has 3 rings (SSSR count). The molecule has 3 aromatic rings. The predicted octanol–water partition coefficient (Wildman–Crippen LogP) is 1.62. The SMILES string of the molecule is COc1ccc(OC)c(-c2nc(N)nc3[nH]ncc23)c1. The van der Waals surface area contributed by atoms with E-state index in [2.05, 4.69) is 20.2 Å². The van der Waals surface area contributed by atoms with Gasteiger partial charge in [-0.05, 0) is 18.2 Å². The third-order valence-corrected chi connectivity index (χ3v) is 2.99. The first kappa shape index (κ1) is 12.2. The summed E-state index contributed by atoms with van der Waals surface area (Å²) >= 11 is 0. The highest BCUT2D eigenvalue weighted by Gasteiger charge is 2.15. The van der Waals surface area contributed by atoms with Crippen molar-refractivity contribution < 1.29 is 9.47 Å². The second kappa shape index (κ2) is 4.69. The van der Waals surface area contributed by atoms with Crippen molar-refractivity contribution in [1.29, 1.82) is 0 Å². The molecule has 0 amide bonds. The van der Waals surface area contributed by atoms with E-state index in [0.29, 0.717) is 22.8 Å². The molecule has 2 heterocycles. The van der Waals surface area contributed by atoms with Crippen LogP contribution in [-0.4, -0.2) is 34.4 Å². The number of nitrogens with two attached hydrogens (primary N) is 1. The maximum Gasteiger partial charge on any atom is 0.222 e. The van der Waals surface area contributed by atoms with E-state index in [4.69, 9.17) is 15.2 Å². The molecule has 7 nitrogen and oxygen atoms in total. The summed E-state index contributed by atoms with van der Waals surface area (Å²) in [6, 6.07) is 5.48. The van der Waals surface area contributed by atoms with E-state index in [1.807, 2.05) is 18.2 Å². The van der Waals surface area contributed by atoms with Gasteiger partial charge in [-0.3, -0.25) is 5.10 Å². The van der Waals surface area contributed by atoms with Crippen LogP contribution in [0.4, 0.5) is 5.95 Å². The Labute approximate surface area is 114 Å². The minimum Gasteiger partial charge on any atom is -0.497 e. The largest absolute Gasteiger partial charge is 0.497 e. The number of ether oxygens (including phenoxy) is 2. The van der Waals surface area contributed by atoms with Gasteiger partial charge in [0.1, 0.15) is 11.5 Å². The third kappa shape index (κ3) is 1.89. The number of nitrogens with one attached hydrogen (secondary N) is 1. The average molecular weight is 271 g/mol. The first-order valence-electron chi connectivity index (χ1n) is 5.92. The molecule has 0 saturated heterocycles. The smallest absolute Gasteiger partial charge is 0.222 e. The van der Waals surface area contributed by atoms with Crippen molar-refractivity contribution >= 4 is 17.0 Å². The number of rotatable bonds is 3. The molecule has 0 radical (unpaired) electrons. The number of hydrogen-bond acceptors (Lipinski definition) is 6. The molecule has 102 valence electrons. The van der Waals surface area contributed by atoms with Crippen molar-refractivity contribution in [2.75, 3.05) is 20.0 Å². The summed E-state index contributed by atoms with van der Waals surface area (Å²) in [6.45, 7) is 0. The molecular weight excluding hydrogens is 258 g/mol. The zero-order chi connectivity index (χ0) is 14.1. The van der Waals surface area contributed by atoms with Gasteiger partial charge in [-0.25, -0.2) is 4.98 Å². The number of aromatic nitrogens is 4. The molecule has 0 aliphatic carbocycles. The molecule has 0 saturated carbocycles. The van der Waals surface area contributed by atoms with Crippen LogP contribution in [0, 0.1) is 0 Å². The molecule has 20 heavy (non-hydrogen) atoms. The van der Waals surface area contributed by atoms with E-state index >= 15 is 0 Å². The Morgan fingerprint density at radius 1 is 1.15 bits per heavy atom. The normalized spacial score (nSPS) is 10.7. The third-order valence-electron chi connectivity index (χ3n) is 2.99. The number of aromatic amines is 1. The van der Waals surface area contributed by atoms with Crippen LogP contribution < -0.4 is 15.2 Å². The number of hydrogen-bond donors (Lipinski definition) is 2. The molecule has 0 atom stereocenters. The topological polar surface area (TPSA) is 98.9 Å². The molecule has 0 aliphatic heterocycles. The zero-order valence-electron chi connectivity index (χ0n) is 11.0. The molecule has 7 heteroatoms. The molecule has 0 fully saturated rings. The summed E-state index contributed by atoms with van der Waals surface area (Å²) in [7, 11) is 3.20. The molecule has 0 spiro atoms. The van der Waals surface area contributed by atoms with Gasteiger partial charge in [0.25, 0.3) is 0 Å². The molecule has 0 unspecified atom stereocenters. The number of benzene rings is 1. The quantitative estimate of drug-likeness (QED) is 0.751. The Morgan fingerprint density at radius 2 is 2.00 bits per heavy atom. The van der Waals surface area contributed by atoms with Crippen LogP contribution >= 0.6 is 0 Å². The van der Waals surface area contributed by atoms with Crippen molar-refractivity contribution in [3.63, 3.8) is 0 Å². The van der Waals surface area contributed by atoms with Gasteiger partial charge in [0.05, 0.1) is 31.5 Å². The second-order valence-electron chi connectivity index (χ2n) is 4.13. The van der Waals surface area contributed by atoms with Crippen LogP contribution in [0.2, 0.25) is 0 Å². The van der Waals surface area contributed by atoms with Gasteiger partial charge in [-0.15, -0.1) is 0 Å². The van der Waals surface area contributed by atoms with Crippen molar-refractivity contribution in [3.8, 4) is 22.8 Å². The number of methoxy groups -OCH3 is 2. The Hall–Kier alpha value is -2.83. The fourth-order valence-corrected chi connectivity index (χ4v) is 2.06. The molecule has 0 aliphatic rings. The number of nitrogen functional groups attached to an aromatic ring is 1. The first-order chi connectivity index (χ1) is 9.72. The summed E-state index contributed by atoms with van der Waals surface area (Å²) < 4.78 is 10.6. The average Bonchev–Trinajstić information content (AvgIpc) is 2.93. The number of anilines is 1. The maximum absolute atomic E-state index is 5.74. The Balaban J connectivity index is 2.31. The fourth-order valence-electron chi connectivity index (χ4n) is 2.06. The highest BCUT2D eigenvalue weighted by Crippen LogP contribution is 2.35. The summed E-state index contributed by atoms with van der Waals surface area (Å²) in [4.78, 5) is 8.40. The fraction of sp³-hybridized carbons (Fsp3) is 0.154. The Morgan fingerprint density at radius 3 is 2.75 bits per heavy atom. The second-order valence-corrected chi connectivity index (χ2v) is 4.13. The number of fused-ring (bicyclic) bond motifs is 1. The predicted molar refractivity (Wildman–Crippen MR) is 74.6 cm³/mol. The molecule has 1 aromatic carbocycles. The lowest BCUT2D eigenvalue weighted by Gasteiger charge is -2.10. The van der Waals surface area contributed by atoms with Gasteiger partial charge < -0.3 is 15.2 Å². The standard InChI is InChI=1S/C13H13N5O2/c1-19-7-3-4-10(20-2)8(5-7)11-9-6-15-18-12(9)17-13(14)16-11/h3-6H,1-2H3,(H3,14,15,16,17,18). The van der Waals surface area contributed by atoms with Crippen LogP contribution in [0.3, 0.4) is 0 Å². The lowest BCUT2D eigenvalue weighted by Crippen LogP contribution is -1.99. The van der Waals surface area contributed by atoms with Crippen LogP contribution in [0.1, 0.15) is 0 Å². The van der Waals surface area contributed by atoms with Crippen LogP contribution in [0.15, 0.2) is 24.4 Å². The first-order valence-corrected chi connectivity index (χ1v) is 5.92. The van der Waals surface area contributed by atoms with Gasteiger partial charge in [0.15, 0.2) is 5.65 Å². The van der Waals surface area contributed by atoms with Gasteiger partial charge in [-0.2, -0.15) is 10.1 Å².